The fraction of sp³-hybridized carbons (Fsp3) is 0.364. The monoisotopic (exact) mass is 482 g/mol. The Bertz CT molecular complexity index is 1130. The lowest BCUT2D eigenvalue weighted by Gasteiger charge is -2.28. The highest BCUT2D eigenvalue weighted by atomic mass is 35.5. The molecule has 0 spiro atoms. The van der Waals surface area contributed by atoms with Gasteiger partial charge in [-0.15, -0.1) is 0 Å². The van der Waals surface area contributed by atoms with E-state index in [0.717, 1.165) is 28.0 Å². The molecular weight excluding hydrogens is 464 g/mol. The van der Waals surface area contributed by atoms with Crippen molar-refractivity contribution in [2.45, 2.75) is 38.4 Å². The molecule has 2 heterocycles. The first kappa shape index (κ1) is 24.5. The van der Waals surface area contributed by atoms with Gasteiger partial charge in [0.25, 0.3) is 0 Å². The van der Waals surface area contributed by atoms with Crippen LogP contribution in [0.4, 0.5) is 29.1 Å². The maximum atomic E-state index is 13.5. The molecule has 1 aromatic heterocycles. The van der Waals surface area contributed by atoms with Crippen LogP contribution in [0.2, 0.25) is 5.02 Å². The van der Waals surface area contributed by atoms with Gasteiger partial charge < -0.3 is 4.90 Å². The van der Waals surface area contributed by atoms with Crippen molar-refractivity contribution in [1.82, 2.24) is 4.98 Å². The number of amides is 2. The van der Waals surface area contributed by atoms with E-state index in [1.165, 1.54) is 26.1 Å². The first-order chi connectivity index (χ1) is 15.4. The van der Waals surface area contributed by atoms with E-state index < -0.39 is 41.3 Å². The van der Waals surface area contributed by atoms with E-state index in [9.17, 15) is 27.2 Å². The van der Waals surface area contributed by atoms with Gasteiger partial charge in [-0.25, -0.2) is 9.37 Å². The number of nitriles is 1. The summed E-state index contributed by atoms with van der Waals surface area (Å²) in [5.41, 5.74) is -0.728. The number of likely N-dealkylation sites (N-methyl/N-ethyl adjacent to an activating group) is 1. The summed E-state index contributed by atoms with van der Waals surface area (Å²) in [7, 11) is 1.39. The summed E-state index contributed by atoms with van der Waals surface area (Å²) in [6.07, 6.45) is -4.48. The zero-order chi connectivity index (χ0) is 24.5. The Morgan fingerprint density at radius 2 is 2.03 bits per heavy atom. The Hall–Kier alpha value is -3.19. The Morgan fingerprint density at radius 3 is 2.64 bits per heavy atom. The van der Waals surface area contributed by atoms with E-state index >= 15 is 0 Å². The predicted molar refractivity (Wildman–Crippen MR) is 113 cm³/mol. The minimum Gasteiger partial charge on any atom is -0.314 e. The van der Waals surface area contributed by atoms with Crippen molar-refractivity contribution in [3.63, 3.8) is 0 Å². The number of pyridine rings is 1. The van der Waals surface area contributed by atoms with Crippen LogP contribution in [-0.4, -0.2) is 29.9 Å². The van der Waals surface area contributed by atoms with Gasteiger partial charge in [0.2, 0.25) is 11.8 Å². The van der Waals surface area contributed by atoms with Gasteiger partial charge in [-0.3, -0.25) is 14.5 Å². The highest BCUT2D eigenvalue weighted by Gasteiger charge is 2.46. The molecule has 2 amide bonds. The number of rotatable bonds is 5. The lowest BCUT2D eigenvalue weighted by molar-refractivity contribution is -0.137. The number of aryl methyl sites for hydroxylation is 1. The van der Waals surface area contributed by atoms with Gasteiger partial charge in [-0.05, 0) is 50.1 Å². The van der Waals surface area contributed by atoms with Crippen LogP contribution in [-0.2, 0) is 15.8 Å². The lowest BCUT2D eigenvalue weighted by atomic mass is 9.99. The van der Waals surface area contributed by atoms with Crippen LogP contribution in [0.15, 0.2) is 30.3 Å². The molecule has 33 heavy (non-hydrogen) atoms. The van der Waals surface area contributed by atoms with Crippen LogP contribution in [0.5, 0.6) is 0 Å². The number of alkyl halides is 3. The van der Waals surface area contributed by atoms with E-state index in [-0.39, 0.29) is 41.5 Å². The summed E-state index contributed by atoms with van der Waals surface area (Å²) in [6.45, 7) is 1.36. The van der Waals surface area contributed by atoms with Gasteiger partial charge in [0.05, 0.1) is 16.7 Å². The van der Waals surface area contributed by atoms with Crippen molar-refractivity contribution in [2.75, 3.05) is 16.8 Å². The normalized spacial score (nSPS) is 18.4. The summed E-state index contributed by atoms with van der Waals surface area (Å²) in [5, 5.41) is 8.67. The number of hydrogen-bond donors (Lipinski definition) is 0. The molecular formula is C22H19ClF4N4O2. The van der Waals surface area contributed by atoms with Gasteiger partial charge in [-0.1, -0.05) is 11.6 Å². The van der Waals surface area contributed by atoms with E-state index in [0.29, 0.717) is 0 Å². The number of carbonyl (C=O) groups excluding carboxylic acids is 2. The molecule has 11 heteroatoms. The first-order valence-electron chi connectivity index (χ1n) is 9.92. The van der Waals surface area contributed by atoms with E-state index in [4.69, 9.17) is 16.9 Å². The summed E-state index contributed by atoms with van der Waals surface area (Å²) in [5.74, 6) is -2.90. The second kappa shape index (κ2) is 9.35. The van der Waals surface area contributed by atoms with Crippen molar-refractivity contribution < 1.29 is 27.2 Å². The molecule has 174 valence electrons. The fourth-order valence-electron chi connectivity index (χ4n) is 3.77. The molecule has 1 aliphatic heterocycles. The molecule has 0 aliphatic carbocycles. The van der Waals surface area contributed by atoms with E-state index in [1.807, 2.05) is 6.07 Å². The standard InChI is InChI=1S/C22H19ClF4N4O2/c1-12-8-14(22(25,26)27)10-19(29-12)31-18(9-13(20(31)32)4-3-7-28)21(33)30(2)15-5-6-17(24)16(23)11-15/h5-6,8,10-11,13,18H,3-4,9H2,1-2H3/t13?,18-/m0/s1. The summed E-state index contributed by atoms with van der Waals surface area (Å²) < 4.78 is 53.6. The van der Waals surface area contributed by atoms with Crippen molar-refractivity contribution in [3.05, 3.63) is 52.4 Å². The smallest absolute Gasteiger partial charge is 0.314 e. The number of aromatic nitrogens is 1. The van der Waals surface area contributed by atoms with Crippen molar-refractivity contribution in [1.29, 1.82) is 5.26 Å². The molecule has 2 aromatic rings. The Labute approximate surface area is 192 Å². The van der Waals surface area contributed by atoms with Gasteiger partial charge >= 0.3 is 6.18 Å². The maximum Gasteiger partial charge on any atom is 0.416 e. The van der Waals surface area contributed by atoms with Crippen LogP contribution in [0.1, 0.15) is 30.5 Å². The molecule has 0 saturated carbocycles. The van der Waals surface area contributed by atoms with Gasteiger partial charge in [0.15, 0.2) is 0 Å². The highest BCUT2D eigenvalue weighted by Crippen LogP contribution is 2.37. The lowest BCUT2D eigenvalue weighted by Crippen LogP contribution is -2.46. The van der Waals surface area contributed by atoms with Crippen molar-refractivity contribution in [2.24, 2.45) is 5.92 Å². The van der Waals surface area contributed by atoms with E-state index in [2.05, 4.69) is 4.98 Å². The molecule has 1 aliphatic rings. The third kappa shape index (κ3) is 5.09. The molecule has 1 aromatic carbocycles. The molecule has 2 atom stereocenters. The van der Waals surface area contributed by atoms with Crippen LogP contribution in [0.3, 0.4) is 0 Å². The van der Waals surface area contributed by atoms with Gasteiger partial charge in [0.1, 0.15) is 17.7 Å². The van der Waals surface area contributed by atoms with Crippen LogP contribution in [0.25, 0.3) is 0 Å². The van der Waals surface area contributed by atoms with Crippen molar-refractivity contribution >= 4 is 34.9 Å². The minimum atomic E-state index is -4.67. The third-order valence-electron chi connectivity index (χ3n) is 5.43. The zero-order valence-corrected chi connectivity index (χ0v) is 18.4. The summed E-state index contributed by atoms with van der Waals surface area (Å²) >= 11 is 5.80. The van der Waals surface area contributed by atoms with E-state index in [1.54, 1.807) is 0 Å². The molecule has 0 bridgehead atoms. The van der Waals surface area contributed by atoms with Crippen LogP contribution in [0, 0.1) is 30.0 Å². The molecule has 1 saturated heterocycles. The first-order valence-corrected chi connectivity index (χ1v) is 10.3. The molecule has 0 radical (unpaired) electrons. The topological polar surface area (TPSA) is 77.3 Å². The van der Waals surface area contributed by atoms with Gasteiger partial charge in [-0.2, -0.15) is 18.4 Å². The quantitative estimate of drug-likeness (QED) is 0.568. The third-order valence-corrected chi connectivity index (χ3v) is 5.72. The largest absolute Gasteiger partial charge is 0.416 e. The molecule has 1 fully saturated rings. The number of anilines is 2. The van der Waals surface area contributed by atoms with Crippen molar-refractivity contribution in [3.8, 4) is 6.07 Å². The summed E-state index contributed by atoms with van der Waals surface area (Å²) in [4.78, 5) is 32.7. The number of hydrogen-bond acceptors (Lipinski definition) is 4. The Kier molecular flexibility index (Phi) is 6.93. The summed E-state index contributed by atoms with van der Waals surface area (Å²) in [6, 6.07) is 5.97. The number of nitrogens with zero attached hydrogens (tertiary/aromatic N) is 4. The minimum absolute atomic E-state index is 0.00438. The second-order valence-corrected chi connectivity index (χ2v) is 8.11. The molecule has 1 unspecified atom stereocenters. The van der Waals surface area contributed by atoms with Crippen LogP contribution < -0.4 is 9.80 Å². The highest BCUT2D eigenvalue weighted by molar-refractivity contribution is 6.31. The SMILES string of the molecule is Cc1cc(C(F)(F)F)cc(N2C(=O)C(CCC#N)C[C@H]2C(=O)N(C)c2ccc(F)c(Cl)c2)n1. The maximum absolute atomic E-state index is 13.5. The van der Waals surface area contributed by atoms with Gasteiger partial charge in [0, 0.05) is 30.8 Å². The zero-order valence-electron chi connectivity index (χ0n) is 17.7. The molecule has 0 N–H and O–H groups in total. The number of carbonyl (C=O) groups is 2. The second-order valence-electron chi connectivity index (χ2n) is 7.70. The fourth-order valence-corrected chi connectivity index (χ4v) is 3.95. The predicted octanol–water partition coefficient (Wildman–Crippen LogP) is 4.89. The van der Waals surface area contributed by atoms with Crippen LogP contribution >= 0.6 is 11.6 Å². The number of benzene rings is 1. The number of halogens is 5. The Balaban J connectivity index is 2.03. The molecule has 3 rings (SSSR count). The average Bonchev–Trinajstić information content (AvgIpc) is 3.08. The average molecular weight is 483 g/mol. The molecule has 6 nitrogen and oxygen atoms in total. The Morgan fingerprint density at radius 1 is 1.33 bits per heavy atom.